The summed E-state index contributed by atoms with van der Waals surface area (Å²) in [5.41, 5.74) is 4.31. The molecule has 154 valence electrons. The Bertz CT molecular complexity index is 1360. The number of esters is 1. The van der Waals surface area contributed by atoms with Gasteiger partial charge >= 0.3 is 5.97 Å². The predicted molar refractivity (Wildman–Crippen MR) is 115 cm³/mol. The number of carbonyl (C=O) groups is 1. The average Bonchev–Trinajstić information content (AvgIpc) is 3.17. The Morgan fingerprint density at radius 3 is 2.50 bits per heavy atom. The van der Waals surface area contributed by atoms with Gasteiger partial charge in [0.15, 0.2) is 4.80 Å². The minimum absolute atomic E-state index is 0.191. The van der Waals surface area contributed by atoms with E-state index in [-0.39, 0.29) is 5.56 Å². The monoisotopic (exact) mass is 422 g/mol. The highest BCUT2D eigenvalue weighted by atomic mass is 32.1. The first-order valence-corrected chi connectivity index (χ1v) is 10.3. The lowest BCUT2D eigenvalue weighted by molar-refractivity contribution is -0.136. The van der Waals surface area contributed by atoms with E-state index < -0.39 is 12.0 Å². The van der Waals surface area contributed by atoms with E-state index in [9.17, 15) is 9.59 Å². The van der Waals surface area contributed by atoms with Gasteiger partial charge < -0.3 is 4.74 Å². The number of carbonyl (C=O) groups excluding carboxylic acids is 1. The molecule has 30 heavy (non-hydrogen) atoms. The molecule has 1 aliphatic rings. The molecule has 0 saturated carbocycles. The number of thiazole rings is 1. The van der Waals surface area contributed by atoms with Gasteiger partial charge in [0.05, 0.1) is 34.6 Å². The van der Waals surface area contributed by atoms with E-state index in [0.717, 1.165) is 22.5 Å². The minimum atomic E-state index is -0.590. The third-order valence-corrected chi connectivity index (χ3v) is 6.37. The smallest absolute Gasteiger partial charge is 0.338 e. The van der Waals surface area contributed by atoms with Crippen LogP contribution < -0.4 is 14.9 Å². The van der Waals surface area contributed by atoms with E-state index in [0.29, 0.717) is 20.6 Å². The summed E-state index contributed by atoms with van der Waals surface area (Å²) in [5.74, 6) is -0.488. The van der Waals surface area contributed by atoms with Crippen molar-refractivity contribution in [1.29, 1.82) is 0 Å². The van der Waals surface area contributed by atoms with Crippen molar-refractivity contribution in [3.63, 3.8) is 0 Å². The van der Waals surface area contributed by atoms with Crippen LogP contribution in [0.25, 0.3) is 6.08 Å². The Morgan fingerprint density at radius 2 is 1.90 bits per heavy atom. The summed E-state index contributed by atoms with van der Waals surface area (Å²) in [6.45, 7) is 5.66. The normalized spacial score (nSPS) is 16.4. The van der Waals surface area contributed by atoms with Gasteiger partial charge in [0, 0.05) is 18.3 Å². The maximum Gasteiger partial charge on any atom is 0.338 e. The Balaban J connectivity index is 2.01. The van der Waals surface area contributed by atoms with Crippen LogP contribution in [0.5, 0.6) is 0 Å². The highest BCUT2D eigenvalue weighted by Crippen LogP contribution is 2.30. The Hall–Kier alpha value is -3.26. The average molecular weight is 423 g/mol. The number of ether oxygens (including phenoxy) is 1. The highest BCUT2D eigenvalue weighted by molar-refractivity contribution is 7.07. The fourth-order valence-electron chi connectivity index (χ4n) is 3.77. The Morgan fingerprint density at radius 1 is 1.20 bits per heavy atom. The van der Waals surface area contributed by atoms with Crippen molar-refractivity contribution in [2.75, 3.05) is 7.11 Å². The van der Waals surface area contributed by atoms with Crippen LogP contribution in [0.1, 0.15) is 35.5 Å². The predicted octanol–water partition coefficient (Wildman–Crippen LogP) is 1.76. The number of aromatic nitrogens is 3. The maximum absolute atomic E-state index is 13.5. The van der Waals surface area contributed by atoms with Gasteiger partial charge in [-0.1, -0.05) is 41.7 Å². The zero-order chi connectivity index (χ0) is 21.6. The van der Waals surface area contributed by atoms with Gasteiger partial charge in [-0.25, -0.2) is 9.79 Å². The van der Waals surface area contributed by atoms with E-state index in [4.69, 9.17) is 4.74 Å². The standard InChI is InChI=1S/C22H22N4O3S/c1-12-16(14(3)25(4)24-12)11-17-20(27)26-19(15-9-7-6-8-10-15)18(21(28)29-5)13(2)23-22(26)30-17/h6-11,19H,1-5H3. The van der Waals surface area contributed by atoms with Gasteiger partial charge in [0.2, 0.25) is 0 Å². The number of aryl methyl sites for hydroxylation is 2. The molecule has 1 unspecified atom stereocenters. The van der Waals surface area contributed by atoms with Crippen LogP contribution in [0.3, 0.4) is 0 Å². The second-order valence-electron chi connectivity index (χ2n) is 7.19. The molecule has 7 nitrogen and oxygen atoms in total. The third kappa shape index (κ3) is 3.13. The third-order valence-electron chi connectivity index (χ3n) is 5.38. The molecule has 0 amide bonds. The van der Waals surface area contributed by atoms with Gasteiger partial charge in [-0.2, -0.15) is 5.10 Å². The SMILES string of the molecule is COC(=O)C1=C(C)N=c2sc(=Cc3c(C)nn(C)c3C)c(=O)n2C1c1ccccc1. The Labute approximate surface area is 177 Å². The van der Waals surface area contributed by atoms with E-state index in [1.54, 1.807) is 16.2 Å². The van der Waals surface area contributed by atoms with Crippen LogP contribution in [0.2, 0.25) is 0 Å². The van der Waals surface area contributed by atoms with Crippen molar-refractivity contribution in [2.45, 2.75) is 26.8 Å². The number of hydrogen-bond acceptors (Lipinski definition) is 6. The molecule has 0 aliphatic carbocycles. The summed E-state index contributed by atoms with van der Waals surface area (Å²) in [7, 11) is 3.21. The summed E-state index contributed by atoms with van der Waals surface area (Å²) < 4.78 is 8.95. The van der Waals surface area contributed by atoms with Gasteiger partial charge in [-0.3, -0.25) is 14.0 Å². The molecule has 3 aromatic rings. The fourth-order valence-corrected chi connectivity index (χ4v) is 4.80. The van der Waals surface area contributed by atoms with E-state index >= 15 is 0 Å². The van der Waals surface area contributed by atoms with Crippen LogP contribution in [0.15, 0.2) is 51.4 Å². The molecule has 0 spiro atoms. The van der Waals surface area contributed by atoms with E-state index in [2.05, 4.69) is 10.1 Å². The molecular formula is C22H22N4O3S. The Kier molecular flexibility index (Phi) is 5.03. The second kappa shape index (κ2) is 7.53. The molecule has 0 N–H and O–H groups in total. The zero-order valence-corrected chi connectivity index (χ0v) is 18.3. The fraction of sp³-hybridized carbons (Fsp3) is 0.273. The number of methoxy groups -OCH3 is 1. The number of hydrogen-bond donors (Lipinski definition) is 0. The molecule has 0 saturated heterocycles. The number of rotatable bonds is 3. The van der Waals surface area contributed by atoms with Gasteiger partial charge in [0.1, 0.15) is 0 Å². The summed E-state index contributed by atoms with van der Waals surface area (Å²) in [5, 5.41) is 4.43. The van der Waals surface area contributed by atoms with Crippen LogP contribution in [0, 0.1) is 13.8 Å². The van der Waals surface area contributed by atoms with Crippen molar-refractivity contribution >= 4 is 23.4 Å². The van der Waals surface area contributed by atoms with Crippen LogP contribution in [0.4, 0.5) is 0 Å². The summed E-state index contributed by atoms with van der Waals surface area (Å²) in [6, 6.07) is 8.89. The molecule has 0 radical (unpaired) electrons. The summed E-state index contributed by atoms with van der Waals surface area (Å²) >= 11 is 1.31. The van der Waals surface area contributed by atoms with Crippen molar-refractivity contribution < 1.29 is 9.53 Å². The number of nitrogens with zero attached hydrogens (tertiary/aromatic N) is 4. The number of allylic oxidation sites excluding steroid dienone is 1. The first-order chi connectivity index (χ1) is 14.3. The lowest BCUT2D eigenvalue weighted by atomic mass is 9.96. The van der Waals surface area contributed by atoms with Crippen molar-refractivity contribution in [3.05, 3.63) is 83.8 Å². The molecule has 1 aliphatic heterocycles. The van der Waals surface area contributed by atoms with Crippen LogP contribution in [-0.4, -0.2) is 27.4 Å². The lowest BCUT2D eigenvalue weighted by Gasteiger charge is -2.24. The molecule has 8 heteroatoms. The van der Waals surface area contributed by atoms with E-state index in [1.807, 2.05) is 57.3 Å². The molecule has 1 aromatic carbocycles. The second-order valence-corrected chi connectivity index (χ2v) is 8.20. The maximum atomic E-state index is 13.5. The van der Waals surface area contributed by atoms with Gasteiger partial charge in [-0.15, -0.1) is 0 Å². The van der Waals surface area contributed by atoms with Crippen LogP contribution >= 0.6 is 11.3 Å². The number of fused-ring (bicyclic) bond motifs is 1. The first-order valence-electron chi connectivity index (χ1n) is 9.49. The number of benzene rings is 1. The molecular weight excluding hydrogens is 400 g/mol. The minimum Gasteiger partial charge on any atom is -0.466 e. The lowest BCUT2D eigenvalue weighted by Crippen LogP contribution is -2.39. The molecule has 2 aromatic heterocycles. The summed E-state index contributed by atoms with van der Waals surface area (Å²) in [6.07, 6.45) is 1.86. The topological polar surface area (TPSA) is 78.5 Å². The highest BCUT2D eigenvalue weighted by Gasteiger charge is 2.32. The van der Waals surface area contributed by atoms with Crippen molar-refractivity contribution in [2.24, 2.45) is 12.0 Å². The van der Waals surface area contributed by atoms with Crippen molar-refractivity contribution in [1.82, 2.24) is 14.3 Å². The summed E-state index contributed by atoms with van der Waals surface area (Å²) in [4.78, 5) is 31.2. The first kappa shape index (κ1) is 20.0. The van der Waals surface area contributed by atoms with E-state index in [1.165, 1.54) is 18.4 Å². The van der Waals surface area contributed by atoms with Crippen molar-refractivity contribution in [3.8, 4) is 0 Å². The van der Waals surface area contributed by atoms with Crippen LogP contribution in [-0.2, 0) is 16.6 Å². The van der Waals surface area contributed by atoms with Gasteiger partial charge in [-0.05, 0) is 32.4 Å². The molecule has 4 rings (SSSR count). The van der Waals surface area contributed by atoms with Gasteiger partial charge in [0.25, 0.3) is 5.56 Å². The molecule has 1 atom stereocenters. The largest absolute Gasteiger partial charge is 0.466 e. The molecule has 0 bridgehead atoms. The molecule has 0 fully saturated rings. The zero-order valence-electron chi connectivity index (χ0n) is 17.5. The quantitative estimate of drug-likeness (QED) is 0.603. The molecule has 3 heterocycles.